The largest absolute Gasteiger partial charge is 0.395 e. The second-order valence-electron chi connectivity index (χ2n) is 12.9. The van der Waals surface area contributed by atoms with Crippen LogP contribution in [0.25, 0.3) is 0 Å². The van der Waals surface area contributed by atoms with Crippen molar-refractivity contribution in [1.82, 2.24) is 20.3 Å². The number of carbonyl (C=O) groups excluding carboxylic acids is 2. The molecule has 4 N–H and O–H groups in total. The van der Waals surface area contributed by atoms with Gasteiger partial charge in [-0.15, -0.1) is 5.10 Å². The molecule has 0 saturated carbocycles. The summed E-state index contributed by atoms with van der Waals surface area (Å²) in [4.78, 5) is 39.3. The summed E-state index contributed by atoms with van der Waals surface area (Å²) in [5.41, 5.74) is 1.31. The molecule has 50 heavy (non-hydrogen) atoms. The number of nitro benzene ring substituents is 1. The number of allylic oxidation sites excluding steroid dienone is 1. The summed E-state index contributed by atoms with van der Waals surface area (Å²) in [6.07, 6.45) is 7.68. The zero-order valence-electron chi connectivity index (χ0n) is 27.8. The van der Waals surface area contributed by atoms with Crippen molar-refractivity contribution in [3.63, 3.8) is 0 Å². The van der Waals surface area contributed by atoms with E-state index in [-0.39, 0.29) is 42.1 Å². The lowest BCUT2D eigenvalue weighted by Crippen LogP contribution is -2.44. The maximum Gasteiger partial charge on any atom is 0.269 e. The van der Waals surface area contributed by atoms with Crippen molar-refractivity contribution in [1.29, 1.82) is 0 Å². The zero-order valence-corrected chi connectivity index (χ0v) is 27.8. The zero-order chi connectivity index (χ0) is 35.3. The number of piperidine rings is 1. The summed E-state index contributed by atoms with van der Waals surface area (Å²) in [5.74, 6) is -1.72. The fraction of sp³-hybridized carbons (Fsp3) is 0.351. The van der Waals surface area contributed by atoms with E-state index in [4.69, 9.17) is 0 Å². The molecule has 260 valence electrons. The molecule has 1 aromatic heterocycles. The van der Waals surface area contributed by atoms with Gasteiger partial charge in [-0.1, -0.05) is 66.8 Å². The van der Waals surface area contributed by atoms with Gasteiger partial charge in [0, 0.05) is 48.6 Å². The number of fused-ring (bicyclic) bond motifs is 1. The number of carbonyl (C=O) groups is 2. The predicted molar refractivity (Wildman–Crippen MR) is 187 cm³/mol. The number of non-ortho nitro benzene ring substituents is 1. The SMILES string of the molecule is C[C@@H](/C=C/CCn1cc(C(CO)c2ccccc2)nn1)[C@]1(O)C(=O)N(Cc2ccc(NC(=O)C3CCCNC3)cc2)c2ccc([N+](=O)[O-])cc21. The Balaban J connectivity index is 1.14. The number of aliphatic hydroxyl groups excluding tert-OH is 1. The fourth-order valence-electron chi connectivity index (χ4n) is 6.69. The van der Waals surface area contributed by atoms with Crippen molar-refractivity contribution >= 4 is 28.9 Å². The third-order valence-electron chi connectivity index (χ3n) is 9.60. The fourth-order valence-corrected chi connectivity index (χ4v) is 6.69. The van der Waals surface area contributed by atoms with Crippen LogP contribution in [0.2, 0.25) is 0 Å². The number of anilines is 2. The maximum atomic E-state index is 14.0. The molecule has 4 aromatic rings. The van der Waals surface area contributed by atoms with Crippen LogP contribution in [-0.4, -0.2) is 61.6 Å². The molecular formula is C37H41N7O6. The molecule has 2 aliphatic heterocycles. The molecule has 1 fully saturated rings. The van der Waals surface area contributed by atoms with Crippen molar-refractivity contribution in [2.75, 3.05) is 29.9 Å². The van der Waals surface area contributed by atoms with Crippen LogP contribution in [0.4, 0.5) is 17.1 Å². The molecule has 2 unspecified atom stereocenters. The minimum Gasteiger partial charge on any atom is -0.395 e. The topological polar surface area (TPSA) is 176 Å². The minimum absolute atomic E-state index is 0.0354. The molecule has 3 heterocycles. The third-order valence-corrected chi connectivity index (χ3v) is 9.60. The van der Waals surface area contributed by atoms with Gasteiger partial charge in [-0.3, -0.25) is 24.4 Å². The van der Waals surface area contributed by atoms with E-state index in [2.05, 4.69) is 20.9 Å². The van der Waals surface area contributed by atoms with Gasteiger partial charge in [0.25, 0.3) is 11.6 Å². The van der Waals surface area contributed by atoms with Gasteiger partial charge >= 0.3 is 0 Å². The molecule has 0 radical (unpaired) electrons. The van der Waals surface area contributed by atoms with E-state index < -0.39 is 22.3 Å². The molecule has 13 heteroatoms. The summed E-state index contributed by atoms with van der Waals surface area (Å²) in [6.45, 7) is 3.76. The lowest BCUT2D eigenvalue weighted by Gasteiger charge is -2.27. The highest BCUT2D eigenvalue weighted by molar-refractivity contribution is 6.07. The van der Waals surface area contributed by atoms with E-state index in [1.165, 1.54) is 23.1 Å². The van der Waals surface area contributed by atoms with Gasteiger partial charge in [0.05, 0.1) is 41.3 Å². The number of hydrogen-bond acceptors (Lipinski definition) is 9. The number of aryl methyl sites for hydroxylation is 1. The van der Waals surface area contributed by atoms with Gasteiger partial charge in [-0.05, 0) is 55.1 Å². The number of aromatic nitrogens is 3. The second kappa shape index (κ2) is 15.1. The van der Waals surface area contributed by atoms with E-state index in [9.17, 15) is 29.9 Å². The number of hydrogen-bond donors (Lipinski definition) is 4. The van der Waals surface area contributed by atoms with Crippen LogP contribution >= 0.6 is 0 Å². The van der Waals surface area contributed by atoms with E-state index in [1.807, 2.05) is 48.5 Å². The smallest absolute Gasteiger partial charge is 0.269 e. The first kappa shape index (κ1) is 34.6. The minimum atomic E-state index is -2.04. The number of amides is 2. The van der Waals surface area contributed by atoms with Gasteiger partial charge in [-0.2, -0.15) is 0 Å². The Labute approximate surface area is 289 Å². The van der Waals surface area contributed by atoms with Crippen molar-refractivity contribution in [2.45, 2.75) is 50.8 Å². The summed E-state index contributed by atoms with van der Waals surface area (Å²) in [6, 6.07) is 20.9. The molecule has 3 aromatic carbocycles. The van der Waals surface area contributed by atoms with Gasteiger partial charge in [0.2, 0.25) is 5.91 Å². The third kappa shape index (κ3) is 7.20. The molecule has 6 rings (SSSR count). The summed E-state index contributed by atoms with van der Waals surface area (Å²) >= 11 is 0. The van der Waals surface area contributed by atoms with Crippen molar-refractivity contribution in [2.24, 2.45) is 11.8 Å². The lowest BCUT2D eigenvalue weighted by molar-refractivity contribution is -0.385. The van der Waals surface area contributed by atoms with Crippen LogP contribution in [0.3, 0.4) is 0 Å². The van der Waals surface area contributed by atoms with Crippen LogP contribution in [-0.2, 0) is 28.3 Å². The highest BCUT2D eigenvalue weighted by atomic mass is 16.6. The quantitative estimate of drug-likeness (QED) is 0.0914. The Bertz CT molecular complexity index is 1860. The molecule has 0 bridgehead atoms. The molecule has 2 aliphatic rings. The monoisotopic (exact) mass is 679 g/mol. The molecule has 1 saturated heterocycles. The van der Waals surface area contributed by atoms with E-state index in [0.717, 1.165) is 30.5 Å². The summed E-state index contributed by atoms with van der Waals surface area (Å²) in [7, 11) is 0. The Kier molecular flexibility index (Phi) is 10.5. The normalized spacial score (nSPS) is 20.1. The molecule has 4 atom stereocenters. The van der Waals surface area contributed by atoms with Crippen LogP contribution in [0.15, 0.2) is 91.1 Å². The van der Waals surface area contributed by atoms with Crippen molar-refractivity contribution in [3.8, 4) is 0 Å². The Morgan fingerprint density at radius 1 is 1.18 bits per heavy atom. The highest BCUT2D eigenvalue weighted by Crippen LogP contribution is 2.47. The number of rotatable bonds is 13. The van der Waals surface area contributed by atoms with E-state index in [0.29, 0.717) is 36.6 Å². The van der Waals surface area contributed by atoms with Crippen molar-refractivity contribution in [3.05, 3.63) is 124 Å². The first-order chi connectivity index (χ1) is 24.2. The number of aliphatic hydroxyl groups is 2. The summed E-state index contributed by atoms with van der Waals surface area (Å²) < 4.78 is 1.68. The Morgan fingerprint density at radius 3 is 2.66 bits per heavy atom. The average molecular weight is 680 g/mol. The maximum absolute atomic E-state index is 14.0. The first-order valence-electron chi connectivity index (χ1n) is 16.8. The van der Waals surface area contributed by atoms with Gasteiger partial charge in [-0.25, -0.2) is 0 Å². The Morgan fingerprint density at radius 2 is 1.96 bits per heavy atom. The highest BCUT2D eigenvalue weighted by Gasteiger charge is 2.53. The molecule has 13 nitrogen and oxygen atoms in total. The standard InChI is InChI=1S/C37H41N7O6/c1-25(8-5-6-19-42-23-33(40-41-42)31(24-45)27-9-3-2-4-10-27)37(48)32-20-30(44(49)50)16-17-34(32)43(36(37)47)22-26-12-14-29(15-13-26)39-35(46)28-11-7-18-38-21-28/h2-5,8-10,12-17,20,23,25,28,31,38,45,48H,6-7,11,18-19,21-22,24H2,1H3,(H,39,46)/b8-5+/t25-,28?,31?,37+/m0/s1. The van der Waals surface area contributed by atoms with Gasteiger partial charge in [0.15, 0.2) is 5.60 Å². The first-order valence-corrected chi connectivity index (χ1v) is 16.8. The lowest BCUT2D eigenvalue weighted by atomic mass is 9.82. The Hall–Kier alpha value is -5.24. The molecule has 0 spiro atoms. The number of nitrogens with one attached hydrogen (secondary N) is 2. The second-order valence-corrected chi connectivity index (χ2v) is 12.9. The van der Waals surface area contributed by atoms with Crippen LogP contribution in [0.5, 0.6) is 0 Å². The number of nitrogens with zero attached hydrogens (tertiary/aromatic N) is 5. The van der Waals surface area contributed by atoms with E-state index in [1.54, 1.807) is 36.0 Å². The number of nitro groups is 1. The molecule has 2 amide bonds. The van der Waals surface area contributed by atoms with Gasteiger partial charge < -0.3 is 25.7 Å². The predicted octanol–water partition coefficient (Wildman–Crippen LogP) is 4.27. The molecular weight excluding hydrogens is 638 g/mol. The van der Waals surface area contributed by atoms with Gasteiger partial charge in [0.1, 0.15) is 0 Å². The van der Waals surface area contributed by atoms with E-state index >= 15 is 0 Å². The average Bonchev–Trinajstić information content (AvgIpc) is 3.69. The van der Waals surface area contributed by atoms with Crippen LogP contribution < -0.4 is 15.5 Å². The molecule has 0 aliphatic carbocycles. The number of benzene rings is 3. The van der Waals surface area contributed by atoms with Crippen molar-refractivity contribution < 1.29 is 24.7 Å². The van der Waals surface area contributed by atoms with Crippen LogP contribution in [0.1, 0.15) is 54.5 Å². The van der Waals surface area contributed by atoms with Crippen LogP contribution in [0, 0.1) is 22.0 Å². The summed E-state index contributed by atoms with van der Waals surface area (Å²) in [5, 5.41) is 48.4.